The zero-order chi connectivity index (χ0) is 11.0. The molecule has 0 aliphatic carbocycles. The van der Waals surface area contributed by atoms with Crippen LogP contribution in [0.5, 0.6) is 0 Å². The second-order valence-electron chi connectivity index (χ2n) is 4.27. The molecule has 0 bridgehead atoms. The minimum Gasteiger partial charge on any atom is -0.369 e. The normalized spacial score (nSPS) is 19.5. The number of carbonyl (C=O) groups excluding carboxylic acids is 1. The summed E-state index contributed by atoms with van der Waals surface area (Å²) in [5, 5.41) is 6.23. The standard InChI is InChI=1S/C12H15N3O/c16-12-8-9-10(14-12)2-1-3-11(9)15-6-4-13-5-7-15/h1-3,13H,4-8H2,(H,14,16). The molecule has 0 unspecified atom stereocenters. The van der Waals surface area contributed by atoms with E-state index < -0.39 is 0 Å². The molecule has 4 heteroatoms. The van der Waals surface area contributed by atoms with Crippen LogP contribution in [-0.4, -0.2) is 32.1 Å². The van der Waals surface area contributed by atoms with E-state index in [1.54, 1.807) is 0 Å². The fourth-order valence-electron chi connectivity index (χ4n) is 2.43. The maximum absolute atomic E-state index is 11.4. The molecule has 2 N–H and O–H groups in total. The summed E-state index contributed by atoms with van der Waals surface area (Å²) in [6.07, 6.45) is 0.523. The largest absolute Gasteiger partial charge is 0.369 e. The minimum absolute atomic E-state index is 0.109. The minimum atomic E-state index is 0.109. The number of nitrogens with one attached hydrogen (secondary N) is 2. The highest BCUT2D eigenvalue weighted by atomic mass is 16.1. The number of benzene rings is 1. The van der Waals surface area contributed by atoms with Crippen LogP contribution < -0.4 is 15.5 Å². The van der Waals surface area contributed by atoms with Crippen LogP contribution in [-0.2, 0) is 11.2 Å². The van der Waals surface area contributed by atoms with Crippen molar-refractivity contribution in [3.05, 3.63) is 23.8 Å². The van der Waals surface area contributed by atoms with Gasteiger partial charge in [-0.2, -0.15) is 0 Å². The Bertz CT molecular complexity index is 424. The van der Waals surface area contributed by atoms with E-state index in [1.165, 1.54) is 5.69 Å². The summed E-state index contributed by atoms with van der Waals surface area (Å²) in [4.78, 5) is 13.7. The van der Waals surface area contributed by atoms with Crippen molar-refractivity contribution in [1.29, 1.82) is 0 Å². The average molecular weight is 217 g/mol. The third-order valence-corrected chi connectivity index (χ3v) is 3.22. The molecule has 2 aliphatic heterocycles. The second-order valence-corrected chi connectivity index (χ2v) is 4.27. The van der Waals surface area contributed by atoms with Crippen molar-refractivity contribution in [2.45, 2.75) is 6.42 Å². The molecule has 2 aliphatic rings. The van der Waals surface area contributed by atoms with Gasteiger partial charge in [0.2, 0.25) is 5.91 Å². The quantitative estimate of drug-likeness (QED) is 0.723. The molecule has 1 fully saturated rings. The van der Waals surface area contributed by atoms with Crippen LogP contribution in [0.4, 0.5) is 11.4 Å². The lowest BCUT2D eigenvalue weighted by molar-refractivity contribution is -0.115. The number of amides is 1. The van der Waals surface area contributed by atoms with Gasteiger partial charge < -0.3 is 15.5 Å². The summed E-state index contributed by atoms with van der Waals surface area (Å²) in [6, 6.07) is 6.11. The molecule has 2 heterocycles. The van der Waals surface area contributed by atoms with Crippen molar-refractivity contribution in [1.82, 2.24) is 5.32 Å². The smallest absolute Gasteiger partial charge is 0.228 e. The number of anilines is 2. The van der Waals surface area contributed by atoms with Crippen molar-refractivity contribution in [3.63, 3.8) is 0 Å². The second kappa shape index (κ2) is 3.79. The molecule has 1 aromatic rings. The number of hydrogen-bond donors (Lipinski definition) is 2. The van der Waals surface area contributed by atoms with Crippen LogP contribution in [0.15, 0.2) is 18.2 Å². The number of piperazine rings is 1. The average Bonchev–Trinajstić information content (AvgIpc) is 2.70. The monoisotopic (exact) mass is 217 g/mol. The molecule has 16 heavy (non-hydrogen) atoms. The third kappa shape index (κ3) is 1.55. The highest BCUT2D eigenvalue weighted by molar-refractivity contribution is 6.01. The van der Waals surface area contributed by atoms with Crippen molar-refractivity contribution in [2.75, 3.05) is 36.4 Å². The lowest BCUT2D eigenvalue weighted by atomic mass is 10.1. The van der Waals surface area contributed by atoms with E-state index in [2.05, 4.69) is 21.6 Å². The SMILES string of the molecule is O=C1Cc2c(cccc2N2CCNCC2)N1. The molecule has 3 rings (SSSR count). The number of rotatable bonds is 1. The van der Waals surface area contributed by atoms with E-state index in [9.17, 15) is 4.79 Å². The van der Waals surface area contributed by atoms with Gasteiger partial charge in [0.1, 0.15) is 0 Å². The van der Waals surface area contributed by atoms with Crippen LogP contribution in [0.25, 0.3) is 0 Å². The molecule has 0 aromatic heterocycles. The maximum atomic E-state index is 11.4. The first-order valence-electron chi connectivity index (χ1n) is 5.72. The van der Waals surface area contributed by atoms with Crippen molar-refractivity contribution in [3.8, 4) is 0 Å². The van der Waals surface area contributed by atoms with E-state index in [0.29, 0.717) is 6.42 Å². The first-order chi connectivity index (χ1) is 7.84. The molecule has 1 saturated heterocycles. The Morgan fingerprint density at radius 1 is 1.19 bits per heavy atom. The molecule has 0 spiro atoms. The molecule has 0 atom stereocenters. The van der Waals surface area contributed by atoms with Gasteiger partial charge in [0, 0.05) is 43.1 Å². The van der Waals surface area contributed by atoms with Gasteiger partial charge in [-0.15, -0.1) is 0 Å². The maximum Gasteiger partial charge on any atom is 0.228 e. The number of nitrogens with zero attached hydrogens (tertiary/aromatic N) is 1. The molecule has 84 valence electrons. The summed E-state index contributed by atoms with van der Waals surface area (Å²) >= 11 is 0. The van der Waals surface area contributed by atoms with Crippen LogP contribution >= 0.6 is 0 Å². The van der Waals surface area contributed by atoms with Gasteiger partial charge in [-0.3, -0.25) is 4.79 Å². The molecule has 0 radical (unpaired) electrons. The first-order valence-corrected chi connectivity index (χ1v) is 5.72. The van der Waals surface area contributed by atoms with E-state index >= 15 is 0 Å². The van der Waals surface area contributed by atoms with E-state index in [-0.39, 0.29) is 5.91 Å². The van der Waals surface area contributed by atoms with E-state index in [1.807, 2.05) is 12.1 Å². The van der Waals surface area contributed by atoms with Crippen molar-refractivity contribution >= 4 is 17.3 Å². The summed E-state index contributed by atoms with van der Waals surface area (Å²) in [7, 11) is 0. The molecule has 0 saturated carbocycles. The summed E-state index contributed by atoms with van der Waals surface area (Å²) in [5.41, 5.74) is 3.37. The Hall–Kier alpha value is -1.55. The number of fused-ring (bicyclic) bond motifs is 1. The van der Waals surface area contributed by atoms with E-state index in [0.717, 1.165) is 37.4 Å². The Morgan fingerprint density at radius 3 is 2.81 bits per heavy atom. The summed E-state index contributed by atoms with van der Waals surface area (Å²) in [5.74, 6) is 0.109. The molecular weight excluding hydrogens is 202 g/mol. The van der Waals surface area contributed by atoms with Crippen LogP contribution in [0.2, 0.25) is 0 Å². The highest BCUT2D eigenvalue weighted by Gasteiger charge is 2.23. The van der Waals surface area contributed by atoms with Gasteiger partial charge in [-0.05, 0) is 12.1 Å². The van der Waals surface area contributed by atoms with Crippen LogP contribution in [0.3, 0.4) is 0 Å². The first kappa shape index (κ1) is 9.66. The zero-order valence-corrected chi connectivity index (χ0v) is 9.12. The Morgan fingerprint density at radius 2 is 2.00 bits per heavy atom. The predicted molar refractivity (Wildman–Crippen MR) is 63.9 cm³/mol. The topological polar surface area (TPSA) is 44.4 Å². The molecule has 1 amide bonds. The van der Waals surface area contributed by atoms with Gasteiger partial charge in [0.05, 0.1) is 6.42 Å². The van der Waals surface area contributed by atoms with Crippen molar-refractivity contribution < 1.29 is 4.79 Å². The highest BCUT2D eigenvalue weighted by Crippen LogP contribution is 2.32. The molecular formula is C12H15N3O. The van der Waals surface area contributed by atoms with Gasteiger partial charge >= 0.3 is 0 Å². The Labute approximate surface area is 94.6 Å². The van der Waals surface area contributed by atoms with Gasteiger partial charge in [0.15, 0.2) is 0 Å². The summed E-state index contributed by atoms with van der Waals surface area (Å²) < 4.78 is 0. The van der Waals surface area contributed by atoms with Crippen LogP contribution in [0, 0.1) is 0 Å². The van der Waals surface area contributed by atoms with E-state index in [4.69, 9.17) is 0 Å². The fraction of sp³-hybridized carbons (Fsp3) is 0.417. The Balaban J connectivity index is 1.95. The number of carbonyl (C=O) groups is 1. The molecule has 4 nitrogen and oxygen atoms in total. The third-order valence-electron chi connectivity index (χ3n) is 3.22. The number of hydrogen-bond acceptors (Lipinski definition) is 3. The zero-order valence-electron chi connectivity index (χ0n) is 9.12. The molecule has 1 aromatic carbocycles. The predicted octanol–water partition coefficient (Wildman–Crippen LogP) is 0.591. The van der Waals surface area contributed by atoms with Crippen molar-refractivity contribution in [2.24, 2.45) is 0 Å². The lowest BCUT2D eigenvalue weighted by Crippen LogP contribution is -2.43. The Kier molecular flexibility index (Phi) is 2.29. The van der Waals surface area contributed by atoms with Gasteiger partial charge in [-0.1, -0.05) is 6.07 Å². The lowest BCUT2D eigenvalue weighted by Gasteiger charge is -2.30. The van der Waals surface area contributed by atoms with Gasteiger partial charge in [0.25, 0.3) is 0 Å². The summed E-state index contributed by atoms with van der Waals surface area (Å²) in [6.45, 7) is 4.07. The fourth-order valence-corrected chi connectivity index (χ4v) is 2.43. The van der Waals surface area contributed by atoms with Gasteiger partial charge in [-0.25, -0.2) is 0 Å². The van der Waals surface area contributed by atoms with Crippen LogP contribution in [0.1, 0.15) is 5.56 Å².